The molecule has 1 aromatic rings. The van der Waals surface area contributed by atoms with E-state index >= 15 is 0 Å². The highest BCUT2D eigenvalue weighted by atomic mass is 16.5. The smallest absolute Gasteiger partial charge is 0.123 e. The molecule has 0 radical (unpaired) electrons. The fourth-order valence-electron chi connectivity index (χ4n) is 1.34. The van der Waals surface area contributed by atoms with Crippen LogP contribution in [0.4, 0.5) is 0 Å². The lowest BCUT2D eigenvalue weighted by molar-refractivity contribution is 0.101. The van der Waals surface area contributed by atoms with E-state index in [0.717, 1.165) is 0 Å². The van der Waals surface area contributed by atoms with E-state index in [4.69, 9.17) is 14.6 Å². The maximum Gasteiger partial charge on any atom is 0.123 e. The van der Waals surface area contributed by atoms with Gasteiger partial charge in [0, 0.05) is 18.7 Å². The SMILES string of the molecule is COc1cccc(OCC(O)CNC(C)CO)c1. The lowest BCUT2D eigenvalue weighted by Crippen LogP contribution is -2.38. The van der Waals surface area contributed by atoms with E-state index in [1.807, 2.05) is 19.1 Å². The van der Waals surface area contributed by atoms with Crippen LogP contribution in [0, 0.1) is 0 Å². The third-order valence-corrected chi connectivity index (χ3v) is 2.46. The van der Waals surface area contributed by atoms with Crippen LogP contribution in [-0.4, -0.2) is 49.2 Å². The van der Waals surface area contributed by atoms with Crippen LogP contribution in [0.5, 0.6) is 11.5 Å². The molecular formula is C13H21NO4. The quantitative estimate of drug-likeness (QED) is 0.627. The number of nitrogens with one attached hydrogen (secondary N) is 1. The topological polar surface area (TPSA) is 71.0 Å². The molecule has 0 fully saturated rings. The zero-order chi connectivity index (χ0) is 13.4. The van der Waals surface area contributed by atoms with Gasteiger partial charge in [-0.2, -0.15) is 0 Å². The maximum atomic E-state index is 9.68. The molecule has 2 atom stereocenters. The van der Waals surface area contributed by atoms with Gasteiger partial charge in [-0.25, -0.2) is 0 Å². The van der Waals surface area contributed by atoms with Gasteiger partial charge in [0.15, 0.2) is 0 Å². The summed E-state index contributed by atoms with van der Waals surface area (Å²) in [5.41, 5.74) is 0. The summed E-state index contributed by atoms with van der Waals surface area (Å²) in [5.74, 6) is 1.37. The van der Waals surface area contributed by atoms with Gasteiger partial charge in [-0.1, -0.05) is 6.07 Å². The van der Waals surface area contributed by atoms with Crippen LogP contribution in [0.2, 0.25) is 0 Å². The molecule has 0 heterocycles. The summed E-state index contributed by atoms with van der Waals surface area (Å²) in [5, 5.41) is 21.5. The summed E-state index contributed by atoms with van der Waals surface area (Å²) < 4.78 is 10.5. The van der Waals surface area contributed by atoms with Gasteiger partial charge in [0.1, 0.15) is 24.2 Å². The Morgan fingerprint density at radius 2 is 2.06 bits per heavy atom. The van der Waals surface area contributed by atoms with Crippen LogP contribution in [0.15, 0.2) is 24.3 Å². The van der Waals surface area contributed by atoms with Crippen LogP contribution in [-0.2, 0) is 0 Å². The predicted octanol–water partition coefficient (Wildman–Crippen LogP) is 0.405. The van der Waals surface area contributed by atoms with Gasteiger partial charge in [0.2, 0.25) is 0 Å². The van der Waals surface area contributed by atoms with Crippen LogP contribution in [0.3, 0.4) is 0 Å². The number of ether oxygens (including phenoxy) is 2. The number of hydrogen-bond donors (Lipinski definition) is 3. The minimum Gasteiger partial charge on any atom is -0.497 e. The molecule has 0 aliphatic rings. The van der Waals surface area contributed by atoms with Gasteiger partial charge in [0.25, 0.3) is 0 Å². The van der Waals surface area contributed by atoms with Crippen molar-refractivity contribution in [3.8, 4) is 11.5 Å². The fourth-order valence-corrected chi connectivity index (χ4v) is 1.34. The minimum absolute atomic E-state index is 0.0310. The monoisotopic (exact) mass is 255 g/mol. The Hall–Kier alpha value is -1.30. The summed E-state index contributed by atoms with van der Waals surface area (Å²) in [6.07, 6.45) is -0.620. The molecule has 0 aliphatic heterocycles. The van der Waals surface area contributed by atoms with Crippen molar-refractivity contribution in [2.24, 2.45) is 0 Å². The van der Waals surface area contributed by atoms with Gasteiger partial charge in [-0.15, -0.1) is 0 Å². The lowest BCUT2D eigenvalue weighted by atomic mass is 10.3. The molecule has 5 heteroatoms. The summed E-state index contributed by atoms with van der Waals surface area (Å²) in [7, 11) is 1.59. The van der Waals surface area contributed by atoms with Gasteiger partial charge >= 0.3 is 0 Å². The van der Waals surface area contributed by atoms with Gasteiger partial charge in [0.05, 0.1) is 13.7 Å². The maximum absolute atomic E-state index is 9.68. The minimum atomic E-state index is -0.620. The van der Waals surface area contributed by atoms with Crippen molar-refractivity contribution in [2.75, 3.05) is 26.9 Å². The van der Waals surface area contributed by atoms with Gasteiger partial charge < -0.3 is 25.0 Å². The first-order valence-corrected chi connectivity index (χ1v) is 5.95. The number of aliphatic hydroxyl groups excluding tert-OH is 2. The van der Waals surface area contributed by atoms with E-state index in [1.54, 1.807) is 19.2 Å². The summed E-state index contributed by atoms with van der Waals surface area (Å²) in [4.78, 5) is 0. The van der Waals surface area contributed by atoms with Crippen molar-refractivity contribution in [2.45, 2.75) is 19.1 Å². The van der Waals surface area contributed by atoms with E-state index in [0.29, 0.717) is 18.0 Å². The summed E-state index contributed by atoms with van der Waals surface area (Å²) in [6.45, 7) is 2.46. The first-order chi connectivity index (χ1) is 8.65. The van der Waals surface area contributed by atoms with Crippen molar-refractivity contribution in [3.63, 3.8) is 0 Å². The second-order valence-corrected chi connectivity index (χ2v) is 4.14. The number of methoxy groups -OCH3 is 1. The molecule has 1 rings (SSSR count). The molecular weight excluding hydrogens is 234 g/mol. The molecule has 5 nitrogen and oxygen atoms in total. The average Bonchev–Trinajstić information content (AvgIpc) is 2.42. The Morgan fingerprint density at radius 1 is 1.33 bits per heavy atom. The van der Waals surface area contributed by atoms with E-state index < -0.39 is 6.10 Å². The molecule has 0 bridgehead atoms. The number of rotatable bonds is 8. The molecule has 3 N–H and O–H groups in total. The third kappa shape index (κ3) is 5.35. The van der Waals surface area contributed by atoms with Gasteiger partial charge in [-0.05, 0) is 19.1 Å². The second kappa shape index (κ2) is 7.92. The standard InChI is InChI=1S/C13H21NO4/c1-10(8-15)14-7-11(16)9-18-13-5-3-4-12(6-13)17-2/h3-6,10-11,14-16H,7-9H2,1-2H3. The van der Waals surface area contributed by atoms with Crippen molar-refractivity contribution in [1.82, 2.24) is 5.32 Å². The zero-order valence-electron chi connectivity index (χ0n) is 10.8. The molecule has 18 heavy (non-hydrogen) atoms. The molecule has 0 spiro atoms. The molecule has 0 aromatic heterocycles. The Balaban J connectivity index is 2.30. The summed E-state index contributed by atoms with van der Waals surface area (Å²) in [6, 6.07) is 7.19. The van der Waals surface area contributed by atoms with Crippen molar-refractivity contribution in [3.05, 3.63) is 24.3 Å². The Morgan fingerprint density at radius 3 is 2.72 bits per heavy atom. The van der Waals surface area contributed by atoms with E-state index in [1.165, 1.54) is 0 Å². The highest BCUT2D eigenvalue weighted by molar-refractivity contribution is 5.32. The molecule has 0 saturated carbocycles. The largest absolute Gasteiger partial charge is 0.497 e. The van der Waals surface area contributed by atoms with Crippen LogP contribution < -0.4 is 14.8 Å². The van der Waals surface area contributed by atoms with Crippen LogP contribution >= 0.6 is 0 Å². The Kier molecular flexibility index (Phi) is 6.49. The second-order valence-electron chi connectivity index (χ2n) is 4.14. The van der Waals surface area contributed by atoms with E-state index in [2.05, 4.69) is 5.32 Å². The van der Waals surface area contributed by atoms with Crippen molar-refractivity contribution in [1.29, 1.82) is 0 Å². The van der Waals surface area contributed by atoms with Crippen molar-refractivity contribution < 1.29 is 19.7 Å². The van der Waals surface area contributed by atoms with Crippen LogP contribution in [0.25, 0.3) is 0 Å². The highest BCUT2D eigenvalue weighted by Gasteiger charge is 2.07. The van der Waals surface area contributed by atoms with Gasteiger partial charge in [-0.3, -0.25) is 0 Å². The average molecular weight is 255 g/mol. The number of hydrogen-bond acceptors (Lipinski definition) is 5. The first-order valence-electron chi connectivity index (χ1n) is 5.95. The Bertz CT molecular complexity index is 346. The van der Waals surface area contributed by atoms with E-state index in [-0.39, 0.29) is 19.3 Å². The molecule has 0 amide bonds. The number of aliphatic hydroxyl groups is 2. The molecule has 1 aromatic carbocycles. The van der Waals surface area contributed by atoms with Crippen LogP contribution in [0.1, 0.15) is 6.92 Å². The highest BCUT2D eigenvalue weighted by Crippen LogP contribution is 2.18. The fraction of sp³-hybridized carbons (Fsp3) is 0.538. The lowest BCUT2D eigenvalue weighted by Gasteiger charge is -2.16. The first kappa shape index (κ1) is 14.8. The molecule has 102 valence electrons. The Labute approximate surface area is 107 Å². The predicted molar refractivity (Wildman–Crippen MR) is 69.0 cm³/mol. The van der Waals surface area contributed by atoms with E-state index in [9.17, 15) is 5.11 Å². The summed E-state index contributed by atoms with van der Waals surface area (Å²) >= 11 is 0. The number of benzene rings is 1. The third-order valence-electron chi connectivity index (χ3n) is 2.46. The molecule has 2 unspecified atom stereocenters. The molecule has 0 saturated heterocycles. The van der Waals surface area contributed by atoms with Crippen molar-refractivity contribution >= 4 is 0 Å². The molecule has 0 aliphatic carbocycles. The zero-order valence-corrected chi connectivity index (χ0v) is 10.8. The normalized spacial score (nSPS) is 14.0.